The van der Waals surface area contributed by atoms with Gasteiger partial charge in [0, 0.05) is 34.7 Å². The molecule has 0 saturated carbocycles. The van der Waals surface area contributed by atoms with Gasteiger partial charge in [-0.15, -0.1) is 10.2 Å². The van der Waals surface area contributed by atoms with Crippen LogP contribution in [0.3, 0.4) is 0 Å². The first-order valence-electron chi connectivity index (χ1n) is 10.0. The number of nitrogens with zero attached hydrogens (tertiary/aromatic N) is 3. The average Bonchev–Trinajstić information content (AvgIpc) is 3.23. The maximum absolute atomic E-state index is 13.0. The van der Waals surface area contributed by atoms with Gasteiger partial charge in [-0.25, -0.2) is 0 Å². The zero-order valence-electron chi connectivity index (χ0n) is 16.4. The van der Waals surface area contributed by atoms with Crippen molar-refractivity contribution < 1.29 is 4.79 Å². The first kappa shape index (κ1) is 17.6. The Kier molecular flexibility index (Phi) is 3.76. The molecule has 0 spiro atoms. The number of rotatable bonds is 2. The number of hydrogen-bond acceptors (Lipinski definition) is 4. The van der Waals surface area contributed by atoms with E-state index >= 15 is 0 Å². The summed E-state index contributed by atoms with van der Waals surface area (Å²) >= 11 is 0. The maximum Gasteiger partial charge on any atom is 0.252 e. The van der Waals surface area contributed by atoms with E-state index in [1.807, 2.05) is 72.8 Å². The molecular weight excluding hydrogens is 390 g/mol. The Morgan fingerprint density at radius 3 is 2.58 bits per heavy atom. The zero-order chi connectivity index (χ0) is 20.9. The smallest absolute Gasteiger partial charge is 0.252 e. The first-order chi connectivity index (χ1) is 15.2. The van der Waals surface area contributed by atoms with Crippen molar-refractivity contribution in [2.45, 2.75) is 12.3 Å². The molecule has 6 rings (SSSR count). The normalized spacial score (nSPS) is 15.7. The largest absolute Gasteiger partial charge is 0.326 e. The lowest BCUT2D eigenvalue weighted by molar-refractivity contribution is -0.116. The van der Waals surface area contributed by atoms with Gasteiger partial charge in [0.05, 0.1) is 5.69 Å². The number of benzene rings is 3. The van der Waals surface area contributed by atoms with Gasteiger partial charge in [0.2, 0.25) is 5.91 Å². The lowest BCUT2D eigenvalue weighted by atomic mass is 9.84. The predicted molar refractivity (Wildman–Crippen MR) is 119 cm³/mol. The summed E-state index contributed by atoms with van der Waals surface area (Å²) in [5.41, 5.74) is 4.84. The van der Waals surface area contributed by atoms with Crippen LogP contribution in [0, 0.1) is 0 Å². The number of anilines is 1. The Balaban J connectivity index is 1.60. The van der Waals surface area contributed by atoms with Crippen LogP contribution in [0.15, 0.2) is 77.6 Å². The van der Waals surface area contributed by atoms with E-state index in [-0.39, 0.29) is 17.9 Å². The van der Waals surface area contributed by atoms with Crippen LogP contribution in [0.25, 0.3) is 27.6 Å². The van der Waals surface area contributed by atoms with Crippen LogP contribution in [0.5, 0.6) is 0 Å². The number of H-pyrrole nitrogens is 1. The topological polar surface area (TPSA) is 92.7 Å². The second kappa shape index (κ2) is 6.63. The fourth-order valence-electron chi connectivity index (χ4n) is 4.32. The lowest BCUT2D eigenvalue weighted by Crippen LogP contribution is -2.27. The number of amides is 1. The highest BCUT2D eigenvalue weighted by molar-refractivity contribution is 6.00. The van der Waals surface area contributed by atoms with Crippen LogP contribution in [0.4, 0.5) is 5.69 Å². The fourth-order valence-corrected chi connectivity index (χ4v) is 4.32. The van der Waals surface area contributed by atoms with Gasteiger partial charge >= 0.3 is 0 Å². The Morgan fingerprint density at radius 1 is 0.903 bits per heavy atom. The number of para-hydroxylation sites is 2. The standard InChI is InChI=1S/C24H17N5O2/c30-21-13-16(17-12-14-6-4-5-9-18(14)26-24(17)31)22-19(25-21)10-11-20-23(22)28-29(27-20)15-7-2-1-3-8-15/h1-12,16H,13H2,(H,25,30)(H,26,31)/t16-/m1/s1. The Hall–Kier alpha value is -4.26. The molecule has 3 aromatic carbocycles. The summed E-state index contributed by atoms with van der Waals surface area (Å²) in [6, 6.07) is 22.8. The number of fused-ring (bicyclic) bond motifs is 4. The molecule has 7 heteroatoms. The number of pyridine rings is 1. The summed E-state index contributed by atoms with van der Waals surface area (Å²) in [4.78, 5) is 30.0. The molecular formula is C24H17N5O2. The number of hydrogen-bond donors (Lipinski definition) is 2. The average molecular weight is 407 g/mol. The molecule has 7 nitrogen and oxygen atoms in total. The van der Waals surface area contributed by atoms with Crippen molar-refractivity contribution in [2.24, 2.45) is 0 Å². The Labute approximate surface area is 176 Å². The van der Waals surface area contributed by atoms with E-state index in [1.165, 1.54) is 0 Å². The molecule has 1 amide bonds. The van der Waals surface area contributed by atoms with E-state index in [0.29, 0.717) is 22.3 Å². The molecule has 31 heavy (non-hydrogen) atoms. The van der Waals surface area contributed by atoms with E-state index in [4.69, 9.17) is 5.10 Å². The minimum atomic E-state index is -0.415. The minimum absolute atomic E-state index is 0.125. The molecule has 0 saturated heterocycles. The summed E-state index contributed by atoms with van der Waals surface area (Å²) in [6.45, 7) is 0. The summed E-state index contributed by atoms with van der Waals surface area (Å²) in [7, 11) is 0. The van der Waals surface area contributed by atoms with Gasteiger partial charge in [0.15, 0.2) is 0 Å². The van der Waals surface area contributed by atoms with E-state index in [1.54, 1.807) is 4.80 Å². The first-order valence-corrected chi connectivity index (χ1v) is 10.0. The van der Waals surface area contributed by atoms with Gasteiger partial charge in [0.25, 0.3) is 5.56 Å². The number of carbonyl (C=O) groups is 1. The Bertz CT molecular complexity index is 1530. The van der Waals surface area contributed by atoms with Crippen LogP contribution in [0.2, 0.25) is 0 Å². The van der Waals surface area contributed by atoms with Gasteiger partial charge in [0.1, 0.15) is 11.0 Å². The van der Waals surface area contributed by atoms with Crippen LogP contribution in [-0.2, 0) is 4.79 Å². The zero-order valence-corrected chi connectivity index (χ0v) is 16.4. The third-order valence-corrected chi connectivity index (χ3v) is 5.75. The van der Waals surface area contributed by atoms with E-state index < -0.39 is 5.92 Å². The third kappa shape index (κ3) is 2.82. The molecule has 0 aliphatic carbocycles. The predicted octanol–water partition coefficient (Wildman–Crippen LogP) is 3.74. The third-order valence-electron chi connectivity index (χ3n) is 5.75. The van der Waals surface area contributed by atoms with Gasteiger partial charge in [-0.1, -0.05) is 36.4 Å². The lowest BCUT2D eigenvalue weighted by Gasteiger charge is -2.25. The molecule has 0 radical (unpaired) electrons. The van der Waals surface area contributed by atoms with Gasteiger partial charge in [-0.2, -0.15) is 4.80 Å². The number of aromatic nitrogens is 4. The molecule has 3 heterocycles. The minimum Gasteiger partial charge on any atom is -0.326 e. The highest BCUT2D eigenvalue weighted by atomic mass is 16.1. The van der Waals surface area contributed by atoms with Crippen LogP contribution in [0.1, 0.15) is 23.5 Å². The SMILES string of the molecule is O=C1C[C@H](c2cc3ccccc3[nH]c2=O)c2c(ccc3nn(-c4ccccc4)nc23)N1. The van der Waals surface area contributed by atoms with Crippen molar-refractivity contribution >= 4 is 33.5 Å². The van der Waals surface area contributed by atoms with Crippen LogP contribution in [-0.4, -0.2) is 25.9 Å². The number of aromatic amines is 1. The van der Waals surface area contributed by atoms with Crippen molar-refractivity contribution in [1.29, 1.82) is 0 Å². The van der Waals surface area contributed by atoms with E-state index in [2.05, 4.69) is 15.4 Å². The van der Waals surface area contributed by atoms with E-state index in [9.17, 15) is 9.59 Å². The molecule has 1 aliphatic rings. The monoisotopic (exact) mass is 407 g/mol. The van der Waals surface area contributed by atoms with Crippen molar-refractivity contribution in [3.8, 4) is 5.69 Å². The van der Waals surface area contributed by atoms with Gasteiger partial charge < -0.3 is 10.3 Å². The summed E-state index contributed by atoms with van der Waals surface area (Å²) in [5.74, 6) is -0.540. The second-order valence-electron chi connectivity index (χ2n) is 7.67. The van der Waals surface area contributed by atoms with Gasteiger partial charge in [-0.3, -0.25) is 9.59 Å². The molecule has 5 aromatic rings. The number of carbonyl (C=O) groups excluding carboxylic acids is 1. The summed E-state index contributed by atoms with van der Waals surface area (Å²) in [6.07, 6.45) is 0.172. The molecule has 150 valence electrons. The second-order valence-corrected chi connectivity index (χ2v) is 7.67. The van der Waals surface area contributed by atoms with Crippen molar-refractivity contribution in [3.63, 3.8) is 0 Å². The van der Waals surface area contributed by atoms with Gasteiger partial charge in [-0.05, 0) is 41.8 Å². The van der Waals surface area contributed by atoms with Crippen molar-refractivity contribution in [1.82, 2.24) is 20.0 Å². The van der Waals surface area contributed by atoms with Crippen LogP contribution < -0.4 is 10.9 Å². The highest BCUT2D eigenvalue weighted by Gasteiger charge is 2.31. The Morgan fingerprint density at radius 2 is 1.71 bits per heavy atom. The molecule has 1 aliphatic heterocycles. The fraction of sp³-hybridized carbons (Fsp3) is 0.0833. The molecule has 1 atom stereocenters. The summed E-state index contributed by atoms with van der Waals surface area (Å²) < 4.78 is 0. The molecule has 2 aromatic heterocycles. The van der Waals surface area contributed by atoms with Crippen LogP contribution >= 0.6 is 0 Å². The molecule has 0 bridgehead atoms. The quantitative estimate of drug-likeness (QED) is 0.466. The summed E-state index contributed by atoms with van der Waals surface area (Å²) in [5, 5.41) is 13.2. The maximum atomic E-state index is 13.0. The van der Waals surface area contributed by atoms with Crippen molar-refractivity contribution in [3.05, 3.63) is 94.3 Å². The molecule has 0 unspecified atom stereocenters. The highest BCUT2D eigenvalue weighted by Crippen LogP contribution is 2.40. The van der Waals surface area contributed by atoms with Crippen molar-refractivity contribution in [2.75, 3.05) is 5.32 Å². The number of nitrogens with one attached hydrogen (secondary N) is 2. The van der Waals surface area contributed by atoms with E-state index in [0.717, 1.165) is 22.2 Å². The molecule has 2 N–H and O–H groups in total. The molecule has 0 fully saturated rings.